The van der Waals surface area contributed by atoms with Gasteiger partial charge in [-0.3, -0.25) is 9.79 Å². The molecule has 0 aliphatic heterocycles. The molecule has 0 aliphatic rings. The number of nitrogens with two attached hydrogens (primary N) is 1. The van der Waals surface area contributed by atoms with E-state index in [-0.39, 0.29) is 0 Å². The first-order valence-electron chi connectivity index (χ1n) is 2.39. The van der Waals surface area contributed by atoms with Crippen molar-refractivity contribution < 1.29 is 4.79 Å². The van der Waals surface area contributed by atoms with Crippen LogP contribution in [0.1, 0.15) is 0 Å². The third-order valence-electron chi connectivity index (χ3n) is 0.677. The maximum Gasteiger partial charge on any atom is 0.211 e. The van der Waals surface area contributed by atoms with Gasteiger partial charge in [0.15, 0.2) is 0 Å². The maximum atomic E-state index is 9.63. The molecule has 0 saturated carbocycles. The summed E-state index contributed by atoms with van der Waals surface area (Å²) < 4.78 is 0. The average Bonchev–Trinajstić information content (AvgIpc) is 1.89. The number of nitrogens with zero attached hydrogens (tertiary/aromatic N) is 1. The van der Waals surface area contributed by atoms with Crippen molar-refractivity contribution in [3.8, 4) is 0 Å². The summed E-state index contributed by atoms with van der Waals surface area (Å²) in [4.78, 5) is 13.2. The van der Waals surface area contributed by atoms with Gasteiger partial charge in [0.25, 0.3) is 0 Å². The van der Waals surface area contributed by atoms with Crippen LogP contribution >= 0.6 is 0 Å². The third-order valence-corrected chi connectivity index (χ3v) is 0.677. The second kappa shape index (κ2) is 4.83. The highest BCUT2D eigenvalue weighted by molar-refractivity contribution is 5.91. The lowest BCUT2D eigenvalue weighted by atomic mass is 10.5. The van der Waals surface area contributed by atoms with Crippen molar-refractivity contribution >= 4 is 12.2 Å². The molecule has 3 N–H and O–H groups in total. The van der Waals surface area contributed by atoms with Gasteiger partial charge < -0.3 is 11.1 Å². The average molecular weight is 127 g/mol. The molecule has 0 radical (unpaired) electrons. The minimum Gasteiger partial charge on any atom is -0.384 e. The second-order valence-electron chi connectivity index (χ2n) is 1.27. The fraction of sp³-hybridized carbons (Fsp3) is 0.200. The number of aliphatic imine (C=N–C) groups is 1. The Bertz CT molecular complexity index is 139. The molecule has 0 rings (SSSR count). The second-order valence-corrected chi connectivity index (χ2v) is 1.27. The van der Waals surface area contributed by atoms with E-state index in [2.05, 4.69) is 10.3 Å². The lowest BCUT2D eigenvalue weighted by Gasteiger charge is -1.85. The number of rotatable bonds is 3. The molecule has 4 heteroatoms. The Morgan fingerprint density at radius 3 is 2.89 bits per heavy atom. The van der Waals surface area contributed by atoms with E-state index in [1.54, 1.807) is 7.05 Å². The van der Waals surface area contributed by atoms with E-state index in [0.717, 1.165) is 0 Å². The topological polar surface area (TPSA) is 67.5 Å². The normalized spacial score (nSPS) is 11.9. The van der Waals surface area contributed by atoms with Crippen LogP contribution in [0.15, 0.2) is 17.3 Å². The molecule has 4 nitrogen and oxygen atoms in total. The predicted octanol–water partition coefficient (Wildman–Crippen LogP) is -0.767. The molecular weight excluding hydrogens is 118 g/mol. The van der Waals surface area contributed by atoms with Crippen molar-refractivity contribution in [1.82, 2.24) is 5.32 Å². The monoisotopic (exact) mass is 127 g/mol. The van der Waals surface area contributed by atoms with E-state index in [1.165, 1.54) is 12.3 Å². The number of nitrogens with one attached hydrogen (secondary N) is 1. The number of carbonyl (C=O) groups is 1. The highest BCUT2D eigenvalue weighted by Gasteiger charge is 1.75. The first-order chi connectivity index (χ1) is 4.31. The zero-order chi connectivity index (χ0) is 7.11. The minimum absolute atomic E-state index is 0.379. The molecule has 9 heavy (non-hydrogen) atoms. The molecule has 0 unspecified atom stereocenters. The highest BCUT2D eigenvalue weighted by Crippen LogP contribution is 1.66. The van der Waals surface area contributed by atoms with Crippen LogP contribution in [-0.2, 0) is 4.79 Å². The fourth-order valence-corrected chi connectivity index (χ4v) is 0.247. The third kappa shape index (κ3) is 4.53. The SMILES string of the molecule is CN=C(N)/C=C\NC=O. The zero-order valence-electron chi connectivity index (χ0n) is 5.16. The van der Waals surface area contributed by atoms with Gasteiger partial charge in [0.05, 0.1) is 0 Å². The Morgan fingerprint density at radius 1 is 1.78 bits per heavy atom. The van der Waals surface area contributed by atoms with Crippen molar-refractivity contribution in [2.24, 2.45) is 10.7 Å². The lowest BCUT2D eigenvalue weighted by molar-refractivity contribution is -0.108. The highest BCUT2D eigenvalue weighted by atomic mass is 16.1. The Morgan fingerprint density at radius 2 is 2.44 bits per heavy atom. The van der Waals surface area contributed by atoms with Gasteiger partial charge >= 0.3 is 0 Å². The summed E-state index contributed by atoms with van der Waals surface area (Å²) in [6.45, 7) is 0. The molecule has 0 saturated heterocycles. The first-order valence-corrected chi connectivity index (χ1v) is 2.39. The quantitative estimate of drug-likeness (QED) is 0.297. The molecule has 0 spiro atoms. The molecule has 0 aromatic heterocycles. The maximum absolute atomic E-state index is 9.63. The minimum atomic E-state index is 0.379. The molecule has 0 aromatic rings. The number of amidine groups is 1. The van der Waals surface area contributed by atoms with E-state index >= 15 is 0 Å². The van der Waals surface area contributed by atoms with Gasteiger partial charge in [-0.1, -0.05) is 0 Å². The fourth-order valence-electron chi connectivity index (χ4n) is 0.247. The molecule has 0 aliphatic carbocycles. The van der Waals surface area contributed by atoms with Gasteiger partial charge in [-0.15, -0.1) is 0 Å². The smallest absolute Gasteiger partial charge is 0.211 e. The van der Waals surface area contributed by atoms with Gasteiger partial charge in [-0.05, 0) is 6.08 Å². The van der Waals surface area contributed by atoms with Crippen LogP contribution in [0.5, 0.6) is 0 Å². The lowest BCUT2D eigenvalue weighted by Crippen LogP contribution is -2.09. The van der Waals surface area contributed by atoms with E-state index in [0.29, 0.717) is 12.2 Å². The number of hydrogen-bond acceptors (Lipinski definition) is 2. The van der Waals surface area contributed by atoms with Crippen LogP contribution in [0, 0.1) is 0 Å². The van der Waals surface area contributed by atoms with Crippen molar-refractivity contribution in [2.75, 3.05) is 7.05 Å². The first kappa shape index (κ1) is 7.68. The number of amides is 1. The van der Waals surface area contributed by atoms with E-state index in [4.69, 9.17) is 5.73 Å². The molecule has 0 aromatic carbocycles. The molecule has 0 atom stereocenters. The number of carbonyl (C=O) groups excluding carboxylic acids is 1. The summed E-state index contributed by atoms with van der Waals surface area (Å²) in [5.41, 5.74) is 5.22. The molecule has 0 fully saturated rings. The van der Waals surface area contributed by atoms with Crippen molar-refractivity contribution in [1.29, 1.82) is 0 Å². The summed E-state index contributed by atoms with van der Waals surface area (Å²) >= 11 is 0. The Labute approximate surface area is 53.5 Å². The van der Waals surface area contributed by atoms with Crippen LogP contribution in [0.25, 0.3) is 0 Å². The summed E-state index contributed by atoms with van der Waals surface area (Å²) in [6.07, 6.45) is 3.46. The largest absolute Gasteiger partial charge is 0.384 e. The van der Waals surface area contributed by atoms with Crippen molar-refractivity contribution in [2.45, 2.75) is 0 Å². The zero-order valence-corrected chi connectivity index (χ0v) is 5.16. The van der Waals surface area contributed by atoms with Gasteiger partial charge in [0.2, 0.25) is 6.41 Å². The summed E-state index contributed by atoms with van der Waals surface area (Å²) in [5.74, 6) is 0.379. The van der Waals surface area contributed by atoms with Crippen molar-refractivity contribution in [3.63, 3.8) is 0 Å². The van der Waals surface area contributed by atoms with Crippen LogP contribution in [0.2, 0.25) is 0 Å². The van der Waals surface area contributed by atoms with Crippen LogP contribution in [-0.4, -0.2) is 19.3 Å². The standard InChI is InChI=1S/C5H9N3O/c1-7-5(6)2-3-8-4-9/h2-4H,1H3,(H2,6,7)(H,8,9)/b3-2-. The Kier molecular flexibility index (Phi) is 4.12. The Hall–Kier alpha value is -1.32. The van der Waals surface area contributed by atoms with E-state index in [9.17, 15) is 4.79 Å². The van der Waals surface area contributed by atoms with Gasteiger partial charge in [0, 0.05) is 13.2 Å². The Balaban J connectivity index is 3.56. The molecule has 50 valence electrons. The summed E-state index contributed by atoms with van der Waals surface area (Å²) in [7, 11) is 1.57. The van der Waals surface area contributed by atoms with Gasteiger partial charge in [-0.25, -0.2) is 0 Å². The predicted molar refractivity (Wildman–Crippen MR) is 35.9 cm³/mol. The van der Waals surface area contributed by atoms with Crippen molar-refractivity contribution in [3.05, 3.63) is 12.3 Å². The van der Waals surface area contributed by atoms with Crippen LogP contribution in [0.4, 0.5) is 0 Å². The van der Waals surface area contributed by atoms with Crippen LogP contribution < -0.4 is 11.1 Å². The van der Waals surface area contributed by atoms with Gasteiger partial charge in [0.1, 0.15) is 5.84 Å². The number of hydrogen-bond donors (Lipinski definition) is 2. The van der Waals surface area contributed by atoms with Gasteiger partial charge in [-0.2, -0.15) is 0 Å². The molecular formula is C5H9N3O. The molecule has 0 heterocycles. The summed E-state index contributed by atoms with van der Waals surface area (Å²) in [6, 6.07) is 0. The van der Waals surface area contributed by atoms with E-state index in [1.807, 2.05) is 0 Å². The molecule has 1 amide bonds. The van der Waals surface area contributed by atoms with E-state index < -0.39 is 0 Å². The summed E-state index contributed by atoms with van der Waals surface area (Å²) in [5, 5.41) is 2.29. The molecule has 0 bridgehead atoms. The van der Waals surface area contributed by atoms with Crippen LogP contribution in [0.3, 0.4) is 0 Å².